The number of hydrogen-bond donors (Lipinski definition) is 0. The second-order valence-corrected chi connectivity index (χ2v) is 14.4. The van der Waals surface area contributed by atoms with Gasteiger partial charge in [0.15, 0.2) is 0 Å². The SMILES string of the molecule is [2H]c1c([2H])c(-c2ccc3ccccc3c2)c([2H])c(N(c2ccc(-c3cccc(-c4ccccc4)c3)cc2)c2c([2H])c([2H])c(-c3cc(-c4ccccc4)cc(-c4ccccc4)c3)c([2H])c2[2H])c1[2H]. The van der Waals surface area contributed by atoms with Crippen LogP contribution in [0.2, 0.25) is 0 Å². The Morgan fingerprint density at radius 1 is 0.254 bits per heavy atom. The van der Waals surface area contributed by atoms with Crippen LogP contribution in [0, 0.1) is 0 Å². The van der Waals surface area contributed by atoms with E-state index in [0.717, 1.165) is 55.3 Å². The van der Waals surface area contributed by atoms with E-state index in [4.69, 9.17) is 2.74 Å². The molecule has 0 atom stereocenters. The van der Waals surface area contributed by atoms with Crippen molar-refractivity contribution in [1.29, 1.82) is 0 Å². The molecule has 278 valence electrons. The number of fused-ring (bicyclic) bond motifs is 1. The smallest absolute Gasteiger partial charge is 0.0651 e. The fourth-order valence-electron chi connectivity index (χ4n) is 7.55. The van der Waals surface area contributed by atoms with Crippen LogP contribution in [0.25, 0.3) is 77.5 Å². The molecule has 0 aromatic heterocycles. The summed E-state index contributed by atoms with van der Waals surface area (Å²) < 4.78 is 76.5. The van der Waals surface area contributed by atoms with Gasteiger partial charge in [0.25, 0.3) is 0 Å². The van der Waals surface area contributed by atoms with E-state index >= 15 is 0 Å². The summed E-state index contributed by atoms with van der Waals surface area (Å²) in [5.41, 5.74) is 8.64. The van der Waals surface area contributed by atoms with Gasteiger partial charge in [0.2, 0.25) is 0 Å². The van der Waals surface area contributed by atoms with Crippen LogP contribution in [0.3, 0.4) is 0 Å². The molecule has 0 aliphatic rings. The average molecular weight is 760 g/mol. The van der Waals surface area contributed by atoms with Crippen LogP contribution in [0.15, 0.2) is 249 Å². The molecule has 0 spiro atoms. The van der Waals surface area contributed by atoms with Gasteiger partial charge in [0.1, 0.15) is 0 Å². The minimum atomic E-state index is -0.455. The highest BCUT2D eigenvalue weighted by Crippen LogP contribution is 2.40. The Labute approximate surface area is 358 Å². The molecule has 0 fully saturated rings. The van der Waals surface area contributed by atoms with Crippen LogP contribution in [0.5, 0.6) is 0 Å². The van der Waals surface area contributed by atoms with E-state index in [-0.39, 0.29) is 46.7 Å². The van der Waals surface area contributed by atoms with Crippen LogP contribution in [-0.2, 0) is 0 Å². The zero-order valence-electron chi connectivity index (χ0n) is 40.0. The summed E-state index contributed by atoms with van der Waals surface area (Å²) in [6, 6.07) is 61.4. The minimum absolute atomic E-state index is 0.0963. The van der Waals surface area contributed by atoms with E-state index in [0.29, 0.717) is 16.8 Å². The third kappa shape index (κ3) is 7.58. The highest BCUT2D eigenvalue weighted by Gasteiger charge is 2.16. The lowest BCUT2D eigenvalue weighted by molar-refractivity contribution is 1.28. The number of hydrogen-bond acceptors (Lipinski definition) is 1. The van der Waals surface area contributed by atoms with Crippen LogP contribution in [0.4, 0.5) is 17.1 Å². The lowest BCUT2D eigenvalue weighted by Gasteiger charge is -2.26. The Kier molecular flexibility index (Phi) is 7.54. The maximum Gasteiger partial charge on any atom is 0.0651 e. The summed E-state index contributed by atoms with van der Waals surface area (Å²) in [6.07, 6.45) is 0. The van der Waals surface area contributed by atoms with E-state index in [1.165, 1.54) is 4.90 Å². The Morgan fingerprint density at radius 2 is 0.712 bits per heavy atom. The zero-order valence-corrected chi connectivity index (χ0v) is 32.0. The normalized spacial score (nSPS) is 12.9. The highest BCUT2D eigenvalue weighted by atomic mass is 15.1. The lowest BCUT2D eigenvalue weighted by Crippen LogP contribution is -2.10. The first kappa shape index (κ1) is 27.8. The van der Waals surface area contributed by atoms with E-state index < -0.39 is 24.2 Å². The monoisotopic (exact) mass is 759 g/mol. The Morgan fingerprint density at radius 3 is 1.32 bits per heavy atom. The van der Waals surface area contributed by atoms with Gasteiger partial charge in [-0.1, -0.05) is 182 Å². The maximum atomic E-state index is 9.84. The summed E-state index contributed by atoms with van der Waals surface area (Å²) in [4.78, 5) is 1.40. The molecule has 10 aromatic rings. The fourth-order valence-corrected chi connectivity index (χ4v) is 7.55. The predicted molar refractivity (Wildman–Crippen MR) is 251 cm³/mol. The molecule has 0 unspecified atom stereocenters. The highest BCUT2D eigenvalue weighted by molar-refractivity contribution is 5.89. The van der Waals surface area contributed by atoms with Crippen molar-refractivity contribution in [2.75, 3.05) is 4.90 Å². The van der Waals surface area contributed by atoms with Gasteiger partial charge in [0.05, 0.1) is 11.0 Å². The predicted octanol–water partition coefficient (Wildman–Crippen LogP) is 16.3. The van der Waals surface area contributed by atoms with Crippen molar-refractivity contribution in [2.45, 2.75) is 0 Å². The Balaban J connectivity index is 1.19. The van der Waals surface area contributed by atoms with Crippen molar-refractivity contribution in [3.63, 3.8) is 0 Å². The van der Waals surface area contributed by atoms with E-state index in [1.807, 2.05) is 152 Å². The van der Waals surface area contributed by atoms with Gasteiger partial charge in [-0.05, 0) is 144 Å². The largest absolute Gasteiger partial charge is 0.310 e. The second-order valence-electron chi connectivity index (χ2n) is 14.4. The van der Waals surface area contributed by atoms with Crippen molar-refractivity contribution in [3.8, 4) is 66.8 Å². The molecule has 0 amide bonds. The second kappa shape index (κ2) is 16.0. The molecule has 0 N–H and O–H groups in total. The van der Waals surface area contributed by atoms with Gasteiger partial charge < -0.3 is 4.90 Å². The molecule has 0 aliphatic heterocycles. The first-order valence-electron chi connectivity index (χ1n) is 23.6. The summed E-state index contributed by atoms with van der Waals surface area (Å²) in [6.45, 7) is 0. The van der Waals surface area contributed by atoms with E-state index in [9.17, 15) is 8.22 Å². The van der Waals surface area contributed by atoms with Crippen molar-refractivity contribution < 1.29 is 11.0 Å². The molecular weight excluding hydrogens is 711 g/mol. The minimum Gasteiger partial charge on any atom is -0.310 e. The molecule has 1 nitrogen and oxygen atoms in total. The molecule has 0 aliphatic carbocycles. The zero-order chi connectivity index (χ0) is 46.3. The first-order chi connectivity index (χ1) is 32.6. The molecule has 0 saturated heterocycles. The van der Waals surface area contributed by atoms with Gasteiger partial charge in [-0.3, -0.25) is 0 Å². The number of anilines is 3. The average Bonchev–Trinajstić information content (AvgIpc) is 3.38. The van der Waals surface area contributed by atoms with Crippen LogP contribution >= 0.6 is 0 Å². The quantitative estimate of drug-likeness (QED) is 0.142. The van der Waals surface area contributed by atoms with E-state index in [1.54, 1.807) is 18.2 Å². The summed E-state index contributed by atoms with van der Waals surface area (Å²) in [7, 11) is 0. The van der Waals surface area contributed by atoms with E-state index in [2.05, 4.69) is 30.3 Å². The van der Waals surface area contributed by atoms with Gasteiger partial charge in [-0.2, -0.15) is 0 Å². The molecular formula is C58H41N. The molecule has 1 heteroatoms. The topological polar surface area (TPSA) is 3.24 Å². The molecule has 0 bridgehead atoms. The van der Waals surface area contributed by atoms with Gasteiger partial charge >= 0.3 is 0 Å². The van der Waals surface area contributed by atoms with Gasteiger partial charge in [-0.15, -0.1) is 0 Å². The molecule has 59 heavy (non-hydrogen) atoms. The van der Waals surface area contributed by atoms with Gasteiger partial charge in [0, 0.05) is 17.1 Å². The fraction of sp³-hybridized carbons (Fsp3) is 0. The van der Waals surface area contributed by atoms with Crippen molar-refractivity contribution in [1.82, 2.24) is 0 Å². The maximum absolute atomic E-state index is 9.84. The van der Waals surface area contributed by atoms with Crippen LogP contribution < -0.4 is 4.90 Å². The third-order valence-electron chi connectivity index (χ3n) is 10.6. The molecule has 0 heterocycles. The molecule has 10 rings (SSSR count). The molecule has 0 saturated carbocycles. The standard InChI is InChI=1S/C58H41N/c1-4-14-42(15-5-1)49-22-12-23-50(36-49)46-28-32-56(33-29-46)59(58-25-13-24-51(41-58)52-27-26-45-20-10-11-21-48(45)37-52)57-34-30-47(31-35-57)55-39-53(43-16-6-2-7-17-43)38-54(40-55)44-18-8-3-9-19-44/h1-41H/i13D,24D,25D,30D,31D,34D,35D,41D. The number of benzene rings is 10. The Hall–Kier alpha value is -7.74. The number of rotatable bonds is 9. The molecule has 10 aromatic carbocycles. The summed E-state index contributed by atoms with van der Waals surface area (Å²) in [5.74, 6) is 0. The summed E-state index contributed by atoms with van der Waals surface area (Å²) in [5, 5.41) is 1.82. The van der Waals surface area contributed by atoms with Crippen LogP contribution in [0.1, 0.15) is 11.0 Å². The Bertz CT molecular complexity index is 3400. The number of nitrogens with zero attached hydrogens (tertiary/aromatic N) is 1. The van der Waals surface area contributed by atoms with Crippen molar-refractivity contribution in [2.24, 2.45) is 0 Å². The van der Waals surface area contributed by atoms with Gasteiger partial charge in [-0.25, -0.2) is 0 Å². The lowest BCUT2D eigenvalue weighted by atomic mass is 9.93. The summed E-state index contributed by atoms with van der Waals surface area (Å²) >= 11 is 0. The van der Waals surface area contributed by atoms with Crippen LogP contribution in [-0.4, -0.2) is 0 Å². The third-order valence-corrected chi connectivity index (χ3v) is 10.6. The first-order valence-corrected chi connectivity index (χ1v) is 19.6. The molecule has 0 radical (unpaired) electrons. The van der Waals surface area contributed by atoms with Crippen molar-refractivity contribution >= 4 is 27.8 Å². The van der Waals surface area contributed by atoms with Crippen molar-refractivity contribution in [3.05, 3.63) is 249 Å².